The highest BCUT2D eigenvalue weighted by atomic mass is 79.9. The zero-order valence-electron chi connectivity index (χ0n) is 10.5. The minimum absolute atomic E-state index is 0.0494. The number of rotatable bonds is 3. The van der Waals surface area contributed by atoms with Gasteiger partial charge in [-0.3, -0.25) is 4.72 Å². The Hall–Kier alpha value is -1.60. The lowest BCUT2D eigenvalue weighted by Crippen LogP contribution is -2.14. The van der Waals surface area contributed by atoms with E-state index in [2.05, 4.69) is 20.7 Å². The molecule has 2 aromatic carbocycles. The molecule has 0 fully saturated rings. The van der Waals surface area contributed by atoms with E-state index in [0.29, 0.717) is 10.2 Å². The molecule has 0 saturated heterocycles. The number of anilines is 2. The first-order valence-electron chi connectivity index (χ1n) is 5.63. The molecule has 106 valence electrons. The topological polar surface area (TPSA) is 72.2 Å². The van der Waals surface area contributed by atoms with E-state index in [1.54, 1.807) is 18.2 Å². The number of sulfonamides is 1. The third-order valence-electron chi connectivity index (χ3n) is 2.57. The monoisotopic (exact) mass is 358 g/mol. The number of nitrogen functional groups attached to an aromatic ring is 1. The van der Waals surface area contributed by atoms with Crippen LogP contribution in [0, 0.1) is 12.7 Å². The van der Waals surface area contributed by atoms with E-state index in [1.165, 1.54) is 6.07 Å². The molecule has 0 atom stereocenters. The van der Waals surface area contributed by atoms with Gasteiger partial charge in [0.1, 0.15) is 5.82 Å². The second-order valence-electron chi connectivity index (χ2n) is 4.31. The average Bonchev–Trinajstić information content (AvgIpc) is 2.31. The number of hydrogen-bond acceptors (Lipinski definition) is 3. The number of halogens is 2. The molecule has 3 N–H and O–H groups in total. The summed E-state index contributed by atoms with van der Waals surface area (Å²) in [5.74, 6) is -0.701. The Labute approximate surface area is 125 Å². The summed E-state index contributed by atoms with van der Waals surface area (Å²) in [5.41, 5.74) is 6.86. The van der Waals surface area contributed by atoms with Gasteiger partial charge in [-0.25, -0.2) is 12.8 Å². The molecule has 0 aliphatic heterocycles. The highest BCUT2D eigenvalue weighted by molar-refractivity contribution is 9.10. The molecule has 2 aromatic rings. The van der Waals surface area contributed by atoms with Crippen LogP contribution in [-0.4, -0.2) is 8.42 Å². The Morgan fingerprint density at radius 2 is 1.90 bits per heavy atom. The van der Waals surface area contributed by atoms with Crippen molar-refractivity contribution in [1.29, 1.82) is 0 Å². The summed E-state index contributed by atoms with van der Waals surface area (Å²) in [6.45, 7) is 1.89. The summed E-state index contributed by atoms with van der Waals surface area (Å²) in [4.78, 5) is -0.220. The van der Waals surface area contributed by atoms with Crippen molar-refractivity contribution in [2.24, 2.45) is 0 Å². The number of nitrogens with one attached hydrogen (secondary N) is 1. The zero-order valence-corrected chi connectivity index (χ0v) is 12.9. The first kappa shape index (κ1) is 14.8. The number of hydrogen-bond donors (Lipinski definition) is 2. The van der Waals surface area contributed by atoms with E-state index in [9.17, 15) is 12.8 Å². The summed E-state index contributed by atoms with van der Waals surface area (Å²) in [6.07, 6.45) is 0. The molecule has 0 spiro atoms. The molecule has 0 unspecified atom stereocenters. The van der Waals surface area contributed by atoms with Crippen molar-refractivity contribution < 1.29 is 12.8 Å². The van der Waals surface area contributed by atoms with Crippen molar-refractivity contribution in [2.75, 3.05) is 10.5 Å². The predicted molar refractivity (Wildman–Crippen MR) is 80.5 cm³/mol. The van der Waals surface area contributed by atoms with Crippen LogP contribution in [0.15, 0.2) is 45.8 Å². The van der Waals surface area contributed by atoms with Gasteiger partial charge in [0.25, 0.3) is 10.0 Å². The Bertz CT molecular complexity index is 743. The van der Waals surface area contributed by atoms with Crippen LogP contribution in [0.2, 0.25) is 0 Å². The van der Waals surface area contributed by atoms with Crippen molar-refractivity contribution in [3.63, 3.8) is 0 Å². The number of nitrogens with two attached hydrogens (primary N) is 1. The fourth-order valence-corrected chi connectivity index (χ4v) is 3.51. The van der Waals surface area contributed by atoms with E-state index in [4.69, 9.17) is 5.73 Å². The summed E-state index contributed by atoms with van der Waals surface area (Å²) >= 11 is 3.28. The van der Waals surface area contributed by atoms with Crippen molar-refractivity contribution in [1.82, 2.24) is 0 Å². The van der Waals surface area contributed by atoms with E-state index in [-0.39, 0.29) is 10.6 Å². The van der Waals surface area contributed by atoms with Crippen LogP contribution >= 0.6 is 15.9 Å². The zero-order chi connectivity index (χ0) is 14.9. The summed E-state index contributed by atoms with van der Waals surface area (Å²) in [7, 11) is -3.89. The van der Waals surface area contributed by atoms with Gasteiger partial charge in [-0.05, 0) is 58.7 Å². The van der Waals surface area contributed by atoms with Gasteiger partial charge in [0.05, 0.1) is 10.6 Å². The van der Waals surface area contributed by atoms with Gasteiger partial charge in [0.2, 0.25) is 0 Å². The largest absolute Gasteiger partial charge is 0.399 e. The maximum absolute atomic E-state index is 13.2. The molecule has 20 heavy (non-hydrogen) atoms. The average molecular weight is 359 g/mol. The van der Waals surface area contributed by atoms with Gasteiger partial charge < -0.3 is 5.73 Å². The highest BCUT2D eigenvalue weighted by Crippen LogP contribution is 2.26. The molecule has 0 saturated carbocycles. The Balaban J connectivity index is 2.40. The maximum Gasteiger partial charge on any atom is 0.262 e. The first-order valence-corrected chi connectivity index (χ1v) is 7.90. The lowest BCUT2D eigenvalue weighted by molar-refractivity contribution is 0.595. The van der Waals surface area contributed by atoms with Gasteiger partial charge in [-0.2, -0.15) is 0 Å². The van der Waals surface area contributed by atoms with Crippen LogP contribution in [0.4, 0.5) is 15.8 Å². The van der Waals surface area contributed by atoms with Crippen LogP contribution in [0.25, 0.3) is 0 Å². The number of benzene rings is 2. The Morgan fingerprint density at radius 3 is 2.50 bits per heavy atom. The molecule has 0 aromatic heterocycles. The summed E-state index contributed by atoms with van der Waals surface area (Å²) in [6, 6.07) is 8.34. The quantitative estimate of drug-likeness (QED) is 0.827. The Kier molecular flexibility index (Phi) is 4.01. The third kappa shape index (κ3) is 3.29. The van der Waals surface area contributed by atoms with Gasteiger partial charge in [0, 0.05) is 10.2 Å². The molecule has 7 heteroatoms. The minimum atomic E-state index is -3.89. The molecule has 0 radical (unpaired) electrons. The molecule has 0 aliphatic rings. The van der Waals surface area contributed by atoms with Crippen molar-refractivity contribution in [2.45, 2.75) is 11.8 Å². The molecule has 2 rings (SSSR count). The molecule has 0 heterocycles. The van der Waals surface area contributed by atoms with Crippen LogP contribution < -0.4 is 10.5 Å². The third-order valence-corrected chi connectivity index (χ3v) is 4.57. The highest BCUT2D eigenvalue weighted by Gasteiger charge is 2.17. The Morgan fingerprint density at radius 1 is 1.20 bits per heavy atom. The molecule has 0 bridgehead atoms. The van der Waals surface area contributed by atoms with Gasteiger partial charge in [0.15, 0.2) is 0 Å². The first-order chi connectivity index (χ1) is 9.28. The van der Waals surface area contributed by atoms with Crippen molar-refractivity contribution in [3.8, 4) is 0 Å². The fraction of sp³-hybridized carbons (Fsp3) is 0.0769. The second-order valence-corrected chi connectivity index (χ2v) is 6.85. The summed E-state index contributed by atoms with van der Waals surface area (Å²) in [5, 5.41) is 0. The van der Waals surface area contributed by atoms with Gasteiger partial charge >= 0.3 is 0 Å². The molecular formula is C13H12BrFN2O2S. The van der Waals surface area contributed by atoms with Crippen molar-refractivity contribution in [3.05, 3.63) is 52.3 Å². The van der Waals surface area contributed by atoms with Crippen LogP contribution in [-0.2, 0) is 10.0 Å². The van der Waals surface area contributed by atoms with E-state index in [1.807, 2.05) is 6.92 Å². The predicted octanol–water partition coefficient (Wildman–Crippen LogP) is 3.28. The fourth-order valence-electron chi connectivity index (χ4n) is 1.65. The lowest BCUT2D eigenvalue weighted by atomic mass is 10.2. The van der Waals surface area contributed by atoms with E-state index < -0.39 is 15.8 Å². The molecular weight excluding hydrogens is 347 g/mol. The maximum atomic E-state index is 13.2. The number of aryl methyl sites for hydroxylation is 1. The molecule has 4 nitrogen and oxygen atoms in total. The smallest absolute Gasteiger partial charge is 0.262 e. The SMILES string of the molecule is Cc1ccc(NS(=O)(=O)c2cc(N)cc(F)c2)c(Br)c1. The lowest BCUT2D eigenvalue weighted by Gasteiger charge is -2.11. The van der Waals surface area contributed by atoms with E-state index >= 15 is 0 Å². The van der Waals surface area contributed by atoms with Gasteiger partial charge in [-0.1, -0.05) is 6.07 Å². The normalized spacial score (nSPS) is 11.3. The minimum Gasteiger partial charge on any atom is -0.399 e. The van der Waals surface area contributed by atoms with Gasteiger partial charge in [-0.15, -0.1) is 0 Å². The molecule has 0 amide bonds. The van der Waals surface area contributed by atoms with Crippen LogP contribution in [0.5, 0.6) is 0 Å². The molecule has 0 aliphatic carbocycles. The summed E-state index contributed by atoms with van der Waals surface area (Å²) < 4.78 is 40.6. The van der Waals surface area contributed by atoms with Crippen LogP contribution in [0.3, 0.4) is 0 Å². The van der Waals surface area contributed by atoms with Crippen molar-refractivity contribution >= 4 is 37.3 Å². The standard InChI is InChI=1S/C13H12BrFN2O2S/c1-8-2-3-13(12(14)4-8)17-20(18,19)11-6-9(15)5-10(16)7-11/h2-7,17H,16H2,1H3. The second kappa shape index (κ2) is 5.41. The van der Waals surface area contributed by atoms with Crippen LogP contribution in [0.1, 0.15) is 5.56 Å². The van der Waals surface area contributed by atoms with E-state index in [0.717, 1.165) is 17.7 Å².